The van der Waals surface area contributed by atoms with Gasteiger partial charge in [0.25, 0.3) is 0 Å². The van der Waals surface area contributed by atoms with Gasteiger partial charge >= 0.3 is 5.97 Å². The van der Waals surface area contributed by atoms with Crippen LogP contribution in [0.25, 0.3) is 5.57 Å². The predicted molar refractivity (Wildman–Crippen MR) is 122 cm³/mol. The predicted octanol–water partition coefficient (Wildman–Crippen LogP) is 6.31. The second-order valence-electron chi connectivity index (χ2n) is 6.89. The number of benzene rings is 2. The lowest BCUT2D eigenvalue weighted by Gasteiger charge is -2.15. The van der Waals surface area contributed by atoms with E-state index in [1.807, 2.05) is 12.1 Å². The molecule has 1 saturated carbocycles. The lowest BCUT2D eigenvalue weighted by molar-refractivity contribution is -0.133. The number of esters is 1. The first kappa shape index (κ1) is 23.9. The molecule has 0 radical (unpaired) electrons. The highest BCUT2D eigenvalue weighted by atomic mass is 35.5. The van der Waals surface area contributed by atoms with Crippen LogP contribution in [0.2, 0.25) is 10.0 Å². The van der Waals surface area contributed by atoms with Crippen LogP contribution in [0.1, 0.15) is 17.5 Å². The summed E-state index contributed by atoms with van der Waals surface area (Å²) in [5, 5.41) is 0.582. The summed E-state index contributed by atoms with van der Waals surface area (Å²) in [4.78, 5) is 12.1. The summed E-state index contributed by atoms with van der Waals surface area (Å²) in [7, 11) is 2.76. The first-order valence-corrected chi connectivity index (χ1v) is 10.8. The fraction of sp³-hybridized carbons (Fsp3) is 0.318. The van der Waals surface area contributed by atoms with Crippen molar-refractivity contribution >= 4 is 57.9 Å². The quantitative estimate of drug-likeness (QED) is 0.173. The summed E-state index contributed by atoms with van der Waals surface area (Å²) in [6.45, 7) is 0.479. The summed E-state index contributed by atoms with van der Waals surface area (Å²) in [6.07, 6.45) is 2.01. The van der Waals surface area contributed by atoms with Crippen LogP contribution in [0.3, 0.4) is 0 Å². The topological polar surface area (TPSA) is 54.0 Å². The molecule has 2 aromatic carbocycles. The number of methoxy groups -OCH3 is 2. The van der Waals surface area contributed by atoms with Crippen molar-refractivity contribution in [2.24, 2.45) is 5.92 Å². The monoisotopic (exact) mass is 504 g/mol. The number of alkyl halides is 2. The number of carbonyl (C=O) groups excluding carboxylic acids is 1. The van der Waals surface area contributed by atoms with Gasteiger partial charge in [0.05, 0.1) is 37.1 Å². The highest BCUT2D eigenvalue weighted by Gasteiger charge is 2.52. The molecule has 1 fully saturated rings. The van der Waals surface area contributed by atoms with E-state index in [1.165, 1.54) is 20.5 Å². The number of hydrogen-bond acceptors (Lipinski definition) is 5. The van der Waals surface area contributed by atoms with Crippen LogP contribution >= 0.6 is 46.4 Å². The maximum atomic E-state index is 12.1. The molecule has 1 aliphatic rings. The molecule has 3 rings (SSSR count). The highest BCUT2D eigenvalue weighted by molar-refractivity contribution is 6.50. The SMILES string of the molecule is CO/C=C(/C(=O)OC)c1ccccc1COc1c(Cl)cc(OCC2CC2(Cl)Cl)cc1Cl. The van der Waals surface area contributed by atoms with Gasteiger partial charge in [-0.15, -0.1) is 23.2 Å². The van der Waals surface area contributed by atoms with Crippen LogP contribution in [0.5, 0.6) is 11.5 Å². The molecule has 0 heterocycles. The Bertz CT molecular complexity index is 967. The van der Waals surface area contributed by atoms with Gasteiger partial charge in [-0.25, -0.2) is 4.79 Å². The van der Waals surface area contributed by atoms with E-state index in [0.29, 0.717) is 40.1 Å². The molecule has 0 amide bonds. The van der Waals surface area contributed by atoms with Crippen LogP contribution in [0.15, 0.2) is 42.7 Å². The van der Waals surface area contributed by atoms with Crippen LogP contribution in [-0.4, -0.2) is 31.1 Å². The number of rotatable bonds is 9. The fourth-order valence-electron chi connectivity index (χ4n) is 2.91. The van der Waals surface area contributed by atoms with Crippen molar-refractivity contribution in [1.82, 2.24) is 0 Å². The molecule has 1 atom stereocenters. The zero-order valence-corrected chi connectivity index (χ0v) is 19.8. The maximum Gasteiger partial charge on any atom is 0.341 e. The largest absolute Gasteiger partial charge is 0.503 e. The second-order valence-corrected chi connectivity index (χ2v) is 9.25. The second kappa shape index (κ2) is 10.2. The smallest absolute Gasteiger partial charge is 0.341 e. The molecule has 0 bridgehead atoms. The summed E-state index contributed by atoms with van der Waals surface area (Å²) in [6, 6.07) is 10.5. The number of ether oxygens (including phenoxy) is 4. The highest BCUT2D eigenvalue weighted by Crippen LogP contribution is 2.53. The van der Waals surface area contributed by atoms with Gasteiger partial charge in [-0.05, 0) is 17.5 Å². The lowest BCUT2D eigenvalue weighted by Crippen LogP contribution is -2.08. The van der Waals surface area contributed by atoms with Crippen molar-refractivity contribution in [3.8, 4) is 11.5 Å². The Morgan fingerprint density at radius 2 is 1.77 bits per heavy atom. The third kappa shape index (κ3) is 5.92. The molecule has 0 spiro atoms. The van der Waals surface area contributed by atoms with Gasteiger partial charge in [-0.2, -0.15) is 0 Å². The van der Waals surface area contributed by atoms with E-state index in [1.54, 1.807) is 24.3 Å². The van der Waals surface area contributed by atoms with Gasteiger partial charge < -0.3 is 18.9 Å². The van der Waals surface area contributed by atoms with E-state index >= 15 is 0 Å². The number of hydrogen-bond donors (Lipinski definition) is 0. The van der Waals surface area contributed by atoms with Gasteiger partial charge in [0.2, 0.25) is 0 Å². The molecule has 1 aliphatic carbocycles. The molecule has 0 N–H and O–H groups in total. The summed E-state index contributed by atoms with van der Waals surface area (Å²) < 4.78 is 20.7. The Labute approximate surface area is 200 Å². The van der Waals surface area contributed by atoms with Gasteiger partial charge in [0.1, 0.15) is 22.3 Å². The zero-order valence-electron chi connectivity index (χ0n) is 16.8. The van der Waals surface area contributed by atoms with E-state index in [9.17, 15) is 4.79 Å². The van der Waals surface area contributed by atoms with Crippen LogP contribution < -0.4 is 9.47 Å². The molecule has 9 heteroatoms. The van der Waals surface area contributed by atoms with E-state index in [-0.39, 0.29) is 18.1 Å². The van der Waals surface area contributed by atoms with Crippen molar-refractivity contribution in [1.29, 1.82) is 0 Å². The van der Waals surface area contributed by atoms with Crippen molar-refractivity contribution < 1.29 is 23.7 Å². The van der Waals surface area contributed by atoms with Crippen molar-refractivity contribution in [2.45, 2.75) is 17.4 Å². The average molecular weight is 506 g/mol. The van der Waals surface area contributed by atoms with Crippen LogP contribution in [0, 0.1) is 5.92 Å². The molecular weight excluding hydrogens is 486 g/mol. The maximum absolute atomic E-state index is 12.1. The van der Waals surface area contributed by atoms with Crippen molar-refractivity contribution in [2.75, 3.05) is 20.8 Å². The molecule has 2 aromatic rings. The molecule has 0 saturated heterocycles. The van der Waals surface area contributed by atoms with Gasteiger partial charge in [-0.1, -0.05) is 47.5 Å². The molecular formula is C22H20Cl4O5. The normalized spacial score (nSPS) is 17.1. The van der Waals surface area contributed by atoms with E-state index in [2.05, 4.69) is 0 Å². The minimum Gasteiger partial charge on any atom is -0.503 e. The lowest BCUT2D eigenvalue weighted by atomic mass is 10.0. The standard InChI is InChI=1S/C22H20Cl4O5/c1-28-12-17(21(27)29-2)16-6-4-3-5-13(16)10-31-20-18(23)7-15(8-19(20)24)30-11-14-9-22(14,25)26/h3-8,12,14H,9-11H2,1-2H3/b17-12+. The van der Waals surface area contributed by atoms with Crippen LogP contribution in [-0.2, 0) is 20.9 Å². The summed E-state index contributed by atoms with van der Waals surface area (Å²) in [5.74, 6) is 0.344. The molecule has 5 nitrogen and oxygen atoms in total. The fourth-order valence-corrected chi connectivity index (χ4v) is 3.99. The minimum atomic E-state index is -0.718. The van der Waals surface area contributed by atoms with Gasteiger partial charge in [0, 0.05) is 18.1 Å². The van der Waals surface area contributed by atoms with Crippen molar-refractivity contribution in [3.63, 3.8) is 0 Å². The zero-order chi connectivity index (χ0) is 22.6. The minimum absolute atomic E-state index is 0.0741. The Morgan fingerprint density at radius 3 is 2.35 bits per heavy atom. The van der Waals surface area contributed by atoms with Gasteiger partial charge in [-0.3, -0.25) is 0 Å². The molecule has 0 aliphatic heterocycles. The Hall–Kier alpha value is -1.79. The number of halogens is 4. The Kier molecular flexibility index (Phi) is 7.87. The summed E-state index contributed by atoms with van der Waals surface area (Å²) >= 11 is 24.8. The van der Waals surface area contributed by atoms with E-state index in [4.69, 9.17) is 65.4 Å². The third-order valence-corrected chi connectivity index (χ3v) is 6.19. The van der Waals surface area contributed by atoms with E-state index < -0.39 is 10.3 Å². The molecule has 0 aromatic heterocycles. The Morgan fingerprint density at radius 1 is 1.13 bits per heavy atom. The number of carbonyl (C=O) groups is 1. The molecule has 166 valence electrons. The van der Waals surface area contributed by atoms with Gasteiger partial charge in [0.15, 0.2) is 5.75 Å². The Balaban J connectivity index is 1.74. The molecule has 31 heavy (non-hydrogen) atoms. The summed E-state index contributed by atoms with van der Waals surface area (Å²) in [5.41, 5.74) is 1.59. The first-order valence-electron chi connectivity index (χ1n) is 9.28. The third-order valence-electron chi connectivity index (χ3n) is 4.70. The van der Waals surface area contributed by atoms with E-state index in [0.717, 1.165) is 5.56 Å². The average Bonchev–Trinajstić information content (AvgIpc) is 3.36. The van der Waals surface area contributed by atoms with Crippen LogP contribution in [0.4, 0.5) is 0 Å². The molecule has 1 unspecified atom stereocenters. The first-order chi connectivity index (χ1) is 14.8. The van der Waals surface area contributed by atoms with Crippen molar-refractivity contribution in [3.05, 3.63) is 63.8 Å².